The van der Waals surface area contributed by atoms with E-state index >= 15 is 0 Å². The van der Waals surface area contributed by atoms with Gasteiger partial charge in [-0.2, -0.15) is 4.31 Å². The van der Waals surface area contributed by atoms with Crippen molar-refractivity contribution in [1.82, 2.24) is 14.1 Å². The minimum Gasteiger partial charge on any atom is -0.497 e. The number of ether oxygens (including phenoxy) is 1. The lowest BCUT2D eigenvalue weighted by Gasteiger charge is -2.38. The van der Waals surface area contributed by atoms with Crippen molar-refractivity contribution in [2.24, 2.45) is 0 Å². The molecule has 0 amide bonds. The maximum atomic E-state index is 13.1. The van der Waals surface area contributed by atoms with E-state index in [2.05, 4.69) is 21.9 Å². The fraction of sp³-hybridized carbons (Fsp3) is 0.500. The van der Waals surface area contributed by atoms with Crippen LogP contribution in [0.2, 0.25) is 5.02 Å². The summed E-state index contributed by atoms with van der Waals surface area (Å²) in [4.78, 5) is 5.21. The lowest BCUT2D eigenvalue weighted by atomic mass is 10.0. The summed E-state index contributed by atoms with van der Waals surface area (Å²) < 4.78 is 33.1. The molecule has 2 aliphatic rings. The Morgan fingerprint density at radius 1 is 0.939 bits per heavy atom. The van der Waals surface area contributed by atoms with E-state index in [-0.39, 0.29) is 22.3 Å². The van der Waals surface area contributed by atoms with Crippen molar-refractivity contribution in [2.75, 3.05) is 46.4 Å². The zero-order valence-electron chi connectivity index (χ0n) is 19.0. The van der Waals surface area contributed by atoms with Crippen LogP contribution in [0.3, 0.4) is 0 Å². The van der Waals surface area contributed by atoms with Gasteiger partial charge in [0.1, 0.15) is 10.6 Å². The van der Waals surface area contributed by atoms with Gasteiger partial charge in [0.05, 0.1) is 12.1 Å². The first-order valence-corrected chi connectivity index (χ1v) is 13.1. The van der Waals surface area contributed by atoms with Crippen LogP contribution in [0.1, 0.15) is 24.8 Å². The van der Waals surface area contributed by atoms with E-state index in [1.165, 1.54) is 5.56 Å². The molecular formula is C24H33Cl2N3O3S. The summed E-state index contributed by atoms with van der Waals surface area (Å²) in [7, 11) is -1.87. The van der Waals surface area contributed by atoms with Crippen LogP contribution in [0, 0.1) is 0 Å². The Hall–Kier alpha value is -1.35. The highest BCUT2D eigenvalue weighted by Crippen LogP contribution is 2.26. The van der Waals surface area contributed by atoms with Crippen molar-refractivity contribution in [3.05, 3.63) is 59.1 Å². The van der Waals surface area contributed by atoms with Crippen LogP contribution in [0.5, 0.6) is 5.75 Å². The maximum absolute atomic E-state index is 13.1. The Labute approximate surface area is 208 Å². The molecule has 33 heavy (non-hydrogen) atoms. The maximum Gasteiger partial charge on any atom is 0.244 e. The Kier molecular flexibility index (Phi) is 9.44. The van der Waals surface area contributed by atoms with Gasteiger partial charge >= 0.3 is 0 Å². The fourth-order valence-electron chi connectivity index (χ4n) is 4.74. The van der Waals surface area contributed by atoms with E-state index in [9.17, 15) is 8.42 Å². The number of sulfonamides is 1. The van der Waals surface area contributed by atoms with Gasteiger partial charge in [0.25, 0.3) is 0 Å². The van der Waals surface area contributed by atoms with E-state index < -0.39 is 10.0 Å². The molecule has 0 N–H and O–H groups in total. The topological polar surface area (TPSA) is 53.1 Å². The summed E-state index contributed by atoms with van der Waals surface area (Å²) in [6.45, 7) is 5.86. The lowest BCUT2D eigenvalue weighted by molar-refractivity contribution is 0.108. The number of piperidine rings is 1. The number of hydrogen-bond acceptors (Lipinski definition) is 5. The van der Waals surface area contributed by atoms with Crippen LogP contribution < -0.4 is 4.74 Å². The van der Waals surface area contributed by atoms with Gasteiger partial charge in [-0.25, -0.2) is 8.42 Å². The molecule has 2 saturated heterocycles. The van der Waals surface area contributed by atoms with Crippen LogP contribution in [-0.2, 0) is 16.6 Å². The first kappa shape index (κ1) is 26.3. The van der Waals surface area contributed by atoms with Gasteiger partial charge < -0.3 is 4.74 Å². The zero-order chi connectivity index (χ0) is 22.6. The van der Waals surface area contributed by atoms with Gasteiger partial charge in [0.2, 0.25) is 10.0 Å². The highest BCUT2D eigenvalue weighted by Gasteiger charge is 2.31. The number of methoxy groups -OCH3 is 1. The Balaban J connectivity index is 0.00000306. The van der Waals surface area contributed by atoms with Gasteiger partial charge in [-0.15, -0.1) is 12.4 Å². The molecule has 0 radical (unpaired) electrons. The van der Waals surface area contributed by atoms with Gasteiger partial charge in [0.15, 0.2) is 0 Å². The van der Waals surface area contributed by atoms with Crippen LogP contribution >= 0.6 is 24.0 Å². The minimum atomic E-state index is -3.56. The molecule has 2 fully saturated rings. The Morgan fingerprint density at radius 3 is 2.30 bits per heavy atom. The number of likely N-dealkylation sites (tertiary alicyclic amines) is 1. The Morgan fingerprint density at radius 2 is 1.64 bits per heavy atom. The number of hydrogen-bond donors (Lipinski definition) is 0. The van der Waals surface area contributed by atoms with E-state index in [4.69, 9.17) is 16.3 Å². The number of rotatable bonds is 6. The first-order valence-electron chi connectivity index (χ1n) is 11.3. The molecule has 0 bridgehead atoms. The van der Waals surface area contributed by atoms with Gasteiger partial charge in [-0.3, -0.25) is 9.80 Å². The molecule has 0 unspecified atom stereocenters. The van der Waals surface area contributed by atoms with Crippen LogP contribution in [0.4, 0.5) is 0 Å². The highest BCUT2D eigenvalue weighted by molar-refractivity contribution is 7.89. The predicted molar refractivity (Wildman–Crippen MR) is 135 cm³/mol. The Bertz CT molecular complexity index is 996. The second-order valence-corrected chi connectivity index (χ2v) is 10.9. The summed E-state index contributed by atoms with van der Waals surface area (Å²) in [5.41, 5.74) is 1.31. The van der Waals surface area contributed by atoms with Gasteiger partial charge in [-0.05, 0) is 68.7 Å². The zero-order valence-corrected chi connectivity index (χ0v) is 21.4. The van der Waals surface area contributed by atoms with Crippen molar-refractivity contribution in [1.29, 1.82) is 0 Å². The predicted octanol–water partition coefficient (Wildman–Crippen LogP) is 4.13. The van der Waals surface area contributed by atoms with Gasteiger partial charge in [-0.1, -0.05) is 35.9 Å². The molecule has 2 aromatic rings. The summed E-state index contributed by atoms with van der Waals surface area (Å²) in [6.07, 6.45) is 3.08. The van der Waals surface area contributed by atoms with Crippen molar-refractivity contribution >= 4 is 34.0 Å². The van der Waals surface area contributed by atoms with Crippen molar-refractivity contribution in [3.8, 4) is 5.75 Å². The molecule has 2 heterocycles. The van der Waals surface area contributed by atoms with E-state index in [0.29, 0.717) is 19.1 Å². The second kappa shape index (κ2) is 11.9. The molecule has 9 heteroatoms. The lowest BCUT2D eigenvalue weighted by Crippen LogP contribution is -2.46. The molecule has 4 rings (SSSR count). The molecule has 6 nitrogen and oxygen atoms in total. The number of nitrogens with zero attached hydrogens (tertiary/aromatic N) is 3. The largest absolute Gasteiger partial charge is 0.497 e. The second-order valence-electron chi connectivity index (χ2n) is 8.58. The third kappa shape index (κ3) is 6.41. The first-order chi connectivity index (χ1) is 15.5. The average molecular weight is 515 g/mol. The normalized spacial score (nSPS) is 19.6. The fourth-order valence-corrected chi connectivity index (χ4v) is 6.71. The standard InChI is InChI=1S/C24H32ClN3O3S.ClH/c1-31-22-9-7-20(8-10-22)19-26-15-11-21(12-16-26)27-13-4-14-28(18-17-27)32(29,30)24-6-3-2-5-23(24)25;/h2-3,5-10,21H,4,11-19H2,1H3;1H. The van der Waals surface area contributed by atoms with E-state index in [1.807, 2.05) is 12.1 Å². The minimum absolute atomic E-state index is 0. The molecule has 182 valence electrons. The SMILES string of the molecule is COc1ccc(CN2CCC(N3CCCN(S(=O)(=O)c4ccccc4Cl)CC3)CC2)cc1.Cl. The smallest absolute Gasteiger partial charge is 0.244 e. The van der Waals surface area contributed by atoms with E-state index in [0.717, 1.165) is 57.7 Å². The summed E-state index contributed by atoms with van der Waals surface area (Å²) in [5, 5.41) is 0.290. The van der Waals surface area contributed by atoms with Crippen molar-refractivity contribution in [3.63, 3.8) is 0 Å². The van der Waals surface area contributed by atoms with E-state index in [1.54, 1.807) is 35.7 Å². The molecule has 0 spiro atoms. The monoisotopic (exact) mass is 513 g/mol. The summed E-state index contributed by atoms with van der Waals surface area (Å²) >= 11 is 6.18. The molecule has 0 atom stereocenters. The van der Waals surface area contributed by atoms with Crippen molar-refractivity contribution in [2.45, 2.75) is 36.7 Å². The summed E-state index contributed by atoms with van der Waals surface area (Å²) in [5.74, 6) is 0.888. The third-order valence-electron chi connectivity index (χ3n) is 6.58. The number of benzene rings is 2. The summed E-state index contributed by atoms with van der Waals surface area (Å²) in [6, 6.07) is 15.5. The molecule has 0 aromatic heterocycles. The van der Waals surface area contributed by atoms with Crippen LogP contribution in [0.15, 0.2) is 53.4 Å². The van der Waals surface area contributed by atoms with Crippen LogP contribution in [-0.4, -0.2) is 74.9 Å². The van der Waals surface area contributed by atoms with Crippen LogP contribution in [0.25, 0.3) is 0 Å². The third-order valence-corrected chi connectivity index (χ3v) is 8.98. The quantitative estimate of drug-likeness (QED) is 0.581. The van der Waals surface area contributed by atoms with Crippen molar-refractivity contribution < 1.29 is 13.2 Å². The highest BCUT2D eigenvalue weighted by atomic mass is 35.5. The molecular weight excluding hydrogens is 481 g/mol. The molecule has 0 aliphatic carbocycles. The number of halogens is 2. The van der Waals surface area contributed by atoms with Gasteiger partial charge in [0, 0.05) is 32.2 Å². The molecule has 2 aliphatic heterocycles. The average Bonchev–Trinajstić information content (AvgIpc) is 3.07. The molecule has 2 aromatic carbocycles. The molecule has 0 saturated carbocycles.